The number of thiazole rings is 1. The second-order valence-corrected chi connectivity index (χ2v) is 5.86. The number of benzene rings is 1. The summed E-state index contributed by atoms with van der Waals surface area (Å²) in [6.07, 6.45) is -0.626. The number of rotatable bonds is 6. The van der Waals surface area contributed by atoms with Crippen molar-refractivity contribution in [3.63, 3.8) is 0 Å². The monoisotopic (exact) mass is 393 g/mol. The summed E-state index contributed by atoms with van der Waals surface area (Å²) >= 11 is 1.38. The van der Waals surface area contributed by atoms with Gasteiger partial charge in [0.05, 0.1) is 12.0 Å². The molecule has 3 amide bonds. The topological polar surface area (TPSA) is 167 Å². The first kappa shape index (κ1) is 21.6. The van der Waals surface area contributed by atoms with Gasteiger partial charge in [-0.05, 0) is 12.0 Å². The van der Waals surface area contributed by atoms with E-state index >= 15 is 0 Å². The van der Waals surface area contributed by atoms with Crippen molar-refractivity contribution in [2.75, 3.05) is 11.9 Å². The largest absolute Gasteiger partial charge is 0.465 e. The van der Waals surface area contributed by atoms with Crippen molar-refractivity contribution in [1.82, 2.24) is 10.3 Å². The van der Waals surface area contributed by atoms with Gasteiger partial charge in [0.1, 0.15) is 0 Å². The highest BCUT2D eigenvalue weighted by molar-refractivity contribution is 7.14. The average molecular weight is 393 g/mol. The van der Waals surface area contributed by atoms with E-state index in [0.717, 1.165) is 23.2 Å². The van der Waals surface area contributed by atoms with E-state index in [2.05, 4.69) is 26.3 Å². The Bertz CT molecular complexity index is 800. The lowest BCUT2D eigenvalue weighted by atomic mass is 10.1. The van der Waals surface area contributed by atoms with Gasteiger partial charge in [0.25, 0.3) is 0 Å². The fourth-order valence-corrected chi connectivity index (χ4v) is 2.60. The number of nitrogens with two attached hydrogens (primary N) is 1. The van der Waals surface area contributed by atoms with Crippen LogP contribution in [0.15, 0.2) is 34.6 Å². The summed E-state index contributed by atoms with van der Waals surface area (Å²) in [4.78, 5) is 37.5. The van der Waals surface area contributed by atoms with Crippen LogP contribution in [-0.2, 0) is 11.2 Å². The number of carbonyl (C=O) groups is 3. The summed E-state index contributed by atoms with van der Waals surface area (Å²) < 4.78 is 0. The lowest BCUT2D eigenvalue weighted by Gasteiger charge is -2.03. The first-order valence-corrected chi connectivity index (χ1v) is 8.45. The molecule has 11 heteroatoms. The molecule has 0 aliphatic rings. The van der Waals surface area contributed by atoms with Crippen LogP contribution in [0.5, 0.6) is 0 Å². The molecule has 2 aromatic rings. The second-order valence-electron chi connectivity index (χ2n) is 5.00. The minimum absolute atomic E-state index is 0.139. The molecule has 2 rings (SSSR count). The van der Waals surface area contributed by atoms with Gasteiger partial charge in [0.2, 0.25) is 5.91 Å². The number of aromatic nitrogens is 1. The molecule has 0 aliphatic heterocycles. The quantitative estimate of drug-likeness (QED) is 0.285. The van der Waals surface area contributed by atoms with Crippen LogP contribution in [0.1, 0.15) is 12.5 Å². The molecule has 0 fully saturated rings. The van der Waals surface area contributed by atoms with E-state index in [1.54, 1.807) is 0 Å². The fraction of sp³-hybridized carbons (Fsp3) is 0.188. The van der Waals surface area contributed by atoms with Crippen molar-refractivity contribution in [3.05, 3.63) is 35.2 Å². The van der Waals surface area contributed by atoms with Crippen LogP contribution >= 0.6 is 11.3 Å². The number of carboxylic acid groups (broad SMARTS) is 2. The Labute approximate surface area is 158 Å². The second kappa shape index (κ2) is 11.2. The highest BCUT2D eigenvalue weighted by atomic mass is 32.1. The molecule has 0 spiro atoms. The molecule has 0 bridgehead atoms. The molecule has 0 saturated carbocycles. The van der Waals surface area contributed by atoms with Crippen molar-refractivity contribution in [1.29, 1.82) is 0 Å². The SMILES string of the molecule is CC(=O)Nc1nc(-c2ccc(CCNC=NC(=O)O)cc2)cs1.NC(=O)O. The minimum Gasteiger partial charge on any atom is -0.465 e. The lowest BCUT2D eigenvalue weighted by molar-refractivity contribution is -0.114. The van der Waals surface area contributed by atoms with Crippen molar-refractivity contribution in [3.8, 4) is 11.3 Å². The van der Waals surface area contributed by atoms with E-state index in [9.17, 15) is 9.59 Å². The number of aliphatic imine (C=N–C) groups is 1. The van der Waals surface area contributed by atoms with E-state index in [1.165, 1.54) is 24.6 Å². The van der Waals surface area contributed by atoms with Crippen LogP contribution < -0.4 is 16.4 Å². The van der Waals surface area contributed by atoms with Gasteiger partial charge in [0, 0.05) is 24.4 Å². The summed E-state index contributed by atoms with van der Waals surface area (Å²) in [7, 11) is 0. The standard InChI is InChI=1S/C15H16N4O3S.CH3NO2/c1-10(20)18-14-19-13(8-23-14)12-4-2-11(3-5-12)6-7-16-9-17-15(21)22;2-1(3)4/h2-5,8-9H,6-7H2,1H3,(H,16,17)(H,21,22)(H,18,19,20);2H2,(H,3,4). The van der Waals surface area contributed by atoms with Crippen LogP contribution in [0.3, 0.4) is 0 Å². The zero-order chi connectivity index (χ0) is 20.2. The van der Waals surface area contributed by atoms with Gasteiger partial charge in [0.15, 0.2) is 5.13 Å². The Balaban J connectivity index is 0.000000828. The summed E-state index contributed by atoms with van der Waals surface area (Å²) in [5.41, 5.74) is 6.93. The van der Waals surface area contributed by atoms with Gasteiger partial charge >= 0.3 is 12.2 Å². The Hall–Kier alpha value is -3.47. The molecule has 144 valence electrons. The van der Waals surface area contributed by atoms with Crippen LogP contribution in [0.2, 0.25) is 0 Å². The van der Waals surface area contributed by atoms with Crippen molar-refractivity contribution >= 4 is 40.9 Å². The first-order chi connectivity index (χ1) is 12.8. The number of amides is 3. The Morgan fingerprint density at radius 2 is 1.89 bits per heavy atom. The van der Waals surface area contributed by atoms with E-state index in [0.29, 0.717) is 11.7 Å². The number of nitrogens with one attached hydrogen (secondary N) is 2. The molecule has 1 aromatic heterocycles. The maximum atomic E-state index is 11.0. The average Bonchev–Trinajstić information content (AvgIpc) is 3.02. The zero-order valence-corrected chi connectivity index (χ0v) is 15.2. The number of carbonyl (C=O) groups excluding carboxylic acids is 1. The normalized spacial score (nSPS) is 9.96. The summed E-state index contributed by atoms with van der Waals surface area (Å²) in [6.45, 7) is 2.05. The number of nitrogens with zero attached hydrogens (tertiary/aromatic N) is 2. The van der Waals surface area contributed by atoms with Crippen LogP contribution in [0.4, 0.5) is 14.7 Å². The molecule has 0 aliphatic carbocycles. The van der Waals surface area contributed by atoms with Gasteiger partial charge in [-0.2, -0.15) is 4.99 Å². The third kappa shape index (κ3) is 9.55. The summed E-state index contributed by atoms with van der Waals surface area (Å²) in [6, 6.07) is 7.91. The molecule has 1 heterocycles. The van der Waals surface area contributed by atoms with E-state index in [-0.39, 0.29) is 5.91 Å². The van der Waals surface area contributed by atoms with Crippen LogP contribution in [0, 0.1) is 0 Å². The molecule has 0 radical (unpaired) electrons. The van der Waals surface area contributed by atoms with Crippen molar-refractivity contribution < 1.29 is 24.6 Å². The lowest BCUT2D eigenvalue weighted by Crippen LogP contribution is -2.15. The molecule has 0 atom stereocenters. The molecule has 10 nitrogen and oxygen atoms in total. The molecule has 1 aromatic carbocycles. The zero-order valence-electron chi connectivity index (χ0n) is 14.4. The third-order valence-corrected chi connectivity index (χ3v) is 3.62. The van der Waals surface area contributed by atoms with E-state index < -0.39 is 12.2 Å². The summed E-state index contributed by atoms with van der Waals surface area (Å²) in [5.74, 6) is -0.139. The van der Waals surface area contributed by atoms with Gasteiger partial charge in [-0.1, -0.05) is 24.3 Å². The van der Waals surface area contributed by atoms with Crippen molar-refractivity contribution in [2.24, 2.45) is 10.7 Å². The number of hydrogen-bond donors (Lipinski definition) is 5. The van der Waals surface area contributed by atoms with Gasteiger partial charge < -0.3 is 26.6 Å². The Kier molecular flexibility index (Phi) is 8.95. The summed E-state index contributed by atoms with van der Waals surface area (Å²) in [5, 5.41) is 23.5. The van der Waals surface area contributed by atoms with E-state index in [1.807, 2.05) is 29.6 Å². The minimum atomic E-state index is -1.33. The molecular weight excluding hydrogens is 374 g/mol. The van der Waals surface area contributed by atoms with Gasteiger partial charge in [-0.15, -0.1) is 11.3 Å². The fourth-order valence-electron chi connectivity index (χ4n) is 1.84. The smallest absolute Gasteiger partial charge is 0.432 e. The highest BCUT2D eigenvalue weighted by Gasteiger charge is 2.05. The van der Waals surface area contributed by atoms with Crippen LogP contribution in [0.25, 0.3) is 11.3 Å². The molecule has 27 heavy (non-hydrogen) atoms. The molecular formula is C16H19N5O5S. The highest BCUT2D eigenvalue weighted by Crippen LogP contribution is 2.25. The first-order valence-electron chi connectivity index (χ1n) is 7.57. The Morgan fingerprint density at radius 1 is 1.26 bits per heavy atom. The maximum absolute atomic E-state index is 11.0. The molecule has 6 N–H and O–H groups in total. The van der Waals surface area contributed by atoms with Gasteiger partial charge in [-0.3, -0.25) is 4.79 Å². The van der Waals surface area contributed by atoms with E-state index in [4.69, 9.17) is 15.0 Å². The Morgan fingerprint density at radius 3 is 2.44 bits per heavy atom. The number of hydrogen-bond acceptors (Lipinski definition) is 5. The number of primary amides is 1. The molecule has 0 saturated heterocycles. The van der Waals surface area contributed by atoms with Crippen molar-refractivity contribution in [2.45, 2.75) is 13.3 Å². The number of anilines is 1. The van der Waals surface area contributed by atoms with Gasteiger partial charge in [-0.25, -0.2) is 14.6 Å². The van der Waals surface area contributed by atoms with Crippen LogP contribution in [-0.4, -0.2) is 46.2 Å². The third-order valence-electron chi connectivity index (χ3n) is 2.86. The predicted octanol–water partition coefficient (Wildman–Crippen LogP) is 2.23. The predicted molar refractivity (Wildman–Crippen MR) is 102 cm³/mol. The molecule has 0 unspecified atom stereocenters. The maximum Gasteiger partial charge on any atom is 0.432 e.